The van der Waals surface area contributed by atoms with Gasteiger partial charge in [-0.25, -0.2) is 9.59 Å². The van der Waals surface area contributed by atoms with Crippen LogP contribution < -0.4 is 21.3 Å². The zero-order chi connectivity index (χ0) is 29.0. The van der Waals surface area contributed by atoms with E-state index >= 15 is 0 Å². The highest BCUT2D eigenvalue weighted by Gasteiger charge is 2.51. The number of carbonyl (C=O) groups excluding carboxylic acids is 2. The summed E-state index contributed by atoms with van der Waals surface area (Å²) in [6, 6.07) is 16.1. The van der Waals surface area contributed by atoms with Gasteiger partial charge in [0.25, 0.3) is 0 Å². The third-order valence-corrected chi connectivity index (χ3v) is 12.4. The lowest BCUT2D eigenvalue weighted by Gasteiger charge is -2.56. The van der Waals surface area contributed by atoms with Crippen LogP contribution >= 0.6 is 0 Å². The molecule has 4 N–H and O–H groups in total. The van der Waals surface area contributed by atoms with E-state index in [4.69, 9.17) is 0 Å². The second kappa shape index (κ2) is 10.9. The first-order valence-corrected chi connectivity index (χ1v) is 17.1. The fraction of sp³-hybridized carbons (Fsp3) is 0.622. The second-order valence-electron chi connectivity index (χ2n) is 16.0. The molecule has 228 valence electrons. The molecular weight excluding hydrogens is 532 g/mol. The van der Waals surface area contributed by atoms with Crippen molar-refractivity contribution in [3.8, 4) is 0 Å². The van der Waals surface area contributed by atoms with Crippen LogP contribution in [0.5, 0.6) is 0 Å². The van der Waals surface area contributed by atoms with Gasteiger partial charge in [0.05, 0.1) is 0 Å². The number of hydrogen-bond donors (Lipinski definition) is 4. The van der Waals surface area contributed by atoms with Gasteiger partial charge in [-0.1, -0.05) is 24.3 Å². The third-order valence-electron chi connectivity index (χ3n) is 12.4. The molecule has 2 aromatic rings. The van der Waals surface area contributed by atoms with E-state index in [2.05, 4.69) is 45.5 Å². The molecule has 8 saturated carbocycles. The number of urea groups is 2. The molecule has 0 aliphatic heterocycles. The van der Waals surface area contributed by atoms with Crippen LogP contribution in [0, 0.1) is 46.3 Å². The Morgan fingerprint density at radius 1 is 0.512 bits per heavy atom. The number of benzene rings is 2. The van der Waals surface area contributed by atoms with E-state index in [1.165, 1.54) is 88.2 Å². The smallest absolute Gasteiger partial charge is 0.319 e. The Bertz CT molecular complexity index is 1180. The summed E-state index contributed by atoms with van der Waals surface area (Å²) in [5.74, 6) is 5.40. The number of amides is 4. The van der Waals surface area contributed by atoms with Gasteiger partial charge in [-0.3, -0.25) is 0 Å². The summed E-state index contributed by atoms with van der Waals surface area (Å²) in [6.45, 7) is 1.63. The molecule has 6 heteroatoms. The number of carbonyl (C=O) groups is 2. The summed E-state index contributed by atoms with van der Waals surface area (Å²) in [5, 5.41) is 12.5. The van der Waals surface area contributed by atoms with Crippen molar-refractivity contribution in [2.24, 2.45) is 46.3 Å². The minimum absolute atomic E-state index is 0.0893. The zero-order valence-corrected chi connectivity index (χ0v) is 25.5. The van der Waals surface area contributed by atoms with Crippen LogP contribution in [-0.4, -0.2) is 25.2 Å². The van der Waals surface area contributed by atoms with Crippen LogP contribution in [0.2, 0.25) is 0 Å². The van der Waals surface area contributed by atoms with Crippen molar-refractivity contribution in [3.63, 3.8) is 0 Å². The van der Waals surface area contributed by atoms with E-state index in [1.807, 2.05) is 24.3 Å². The molecule has 0 radical (unpaired) electrons. The van der Waals surface area contributed by atoms with E-state index in [0.717, 1.165) is 66.4 Å². The minimum atomic E-state index is -0.0893. The third kappa shape index (κ3) is 5.91. The Morgan fingerprint density at radius 2 is 0.814 bits per heavy atom. The van der Waals surface area contributed by atoms with E-state index in [1.54, 1.807) is 0 Å². The van der Waals surface area contributed by atoms with Gasteiger partial charge in [-0.15, -0.1) is 0 Å². The minimum Gasteiger partial charge on any atom is -0.337 e. The van der Waals surface area contributed by atoms with E-state index < -0.39 is 0 Å². The van der Waals surface area contributed by atoms with E-state index in [-0.39, 0.29) is 12.1 Å². The average molecular weight is 581 g/mol. The molecule has 8 bridgehead atoms. The average Bonchev–Trinajstić information content (AvgIpc) is 2.96. The van der Waals surface area contributed by atoms with Gasteiger partial charge in [0.15, 0.2) is 0 Å². The second-order valence-corrected chi connectivity index (χ2v) is 16.0. The maximum atomic E-state index is 12.7. The maximum Gasteiger partial charge on any atom is 0.319 e. The monoisotopic (exact) mass is 580 g/mol. The lowest BCUT2D eigenvalue weighted by molar-refractivity contribution is -0.0497. The molecule has 0 atom stereocenters. The predicted octanol–water partition coefficient (Wildman–Crippen LogP) is 7.95. The summed E-state index contributed by atoms with van der Waals surface area (Å²) in [6.07, 6.45) is 17.2. The van der Waals surface area contributed by atoms with Crippen molar-refractivity contribution in [2.75, 3.05) is 23.7 Å². The normalized spacial score (nSPS) is 36.4. The SMILES string of the molecule is O=C(NCC12CC3CC(CC(C3)C1)C2)Nc1ccc(Cc2ccc(NC(=O)NCC34CC5CC(CC(C5)C3)C4)cc2)cc1. The molecule has 0 aromatic heterocycles. The topological polar surface area (TPSA) is 82.3 Å². The summed E-state index contributed by atoms with van der Waals surface area (Å²) < 4.78 is 0. The Hall–Kier alpha value is -3.02. The summed E-state index contributed by atoms with van der Waals surface area (Å²) >= 11 is 0. The highest BCUT2D eigenvalue weighted by molar-refractivity contribution is 5.89. The zero-order valence-electron chi connectivity index (χ0n) is 25.5. The van der Waals surface area contributed by atoms with Gasteiger partial charge in [0, 0.05) is 24.5 Å². The van der Waals surface area contributed by atoms with Gasteiger partial charge in [-0.2, -0.15) is 0 Å². The van der Waals surface area contributed by atoms with Crippen LogP contribution in [0.15, 0.2) is 48.5 Å². The predicted molar refractivity (Wildman–Crippen MR) is 171 cm³/mol. The molecule has 6 nitrogen and oxygen atoms in total. The fourth-order valence-electron chi connectivity index (χ4n) is 11.5. The van der Waals surface area contributed by atoms with Crippen molar-refractivity contribution < 1.29 is 9.59 Å². The van der Waals surface area contributed by atoms with Crippen LogP contribution in [0.25, 0.3) is 0 Å². The number of hydrogen-bond acceptors (Lipinski definition) is 2. The summed E-state index contributed by atoms with van der Waals surface area (Å²) in [4.78, 5) is 25.4. The van der Waals surface area contributed by atoms with Crippen molar-refractivity contribution in [1.29, 1.82) is 0 Å². The standard InChI is InChI=1S/C37H48N4O2/c42-34(38-22-36-16-26-10-27(17-36)12-28(11-26)18-36)40-32-5-1-24(2-6-32)9-25-3-7-33(8-4-25)41-35(43)39-23-37-19-29-13-30(20-37)15-31(14-29)21-37/h1-8,26-31H,9-23H2,(H2,38,40,42)(H2,39,41,43). The van der Waals surface area contributed by atoms with Crippen LogP contribution in [0.3, 0.4) is 0 Å². The van der Waals surface area contributed by atoms with Crippen molar-refractivity contribution >= 4 is 23.4 Å². The summed E-state index contributed by atoms with van der Waals surface area (Å²) in [7, 11) is 0. The molecule has 8 aliphatic rings. The first kappa shape index (κ1) is 27.5. The Morgan fingerprint density at radius 3 is 1.12 bits per heavy atom. The highest BCUT2D eigenvalue weighted by Crippen LogP contribution is 2.60. The molecule has 2 aromatic carbocycles. The summed E-state index contributed by atoms with van der Waals surface area (Å²) in [5.41, 5.74) is 4.72. The van der Waals surface area contributed by atoms with Crippen molar-refractivity contribution in [2.45, 2.75) is 83.5 Å². The Kier molecular flexibility index (Phi) is 6.95. The molecule has 0 saturated heterocycles. The number of anilines is 2. The van der Waals surface area contributed by atoms with Gasteiger partial charge in [-0.05, 0) is 165 Å². The molecule has 10 rings (SSSR count). The maximum absolute atomic E-state index is 12.7. The van der Waals surface area contributed by atoms with Crippen LogP contribution in [0.1, 0.15) is 88.2 Å². The van der Waals surface area contributed by atoms with Gasteiger partial charge in [0.1, 0.15) is 0 Å². The van der Waals surface area contributed by atoms with Gasteiger partial charge in [0.2, 0.25) is 0 Å². The van der Waals surface area contributed by atoms with Crippen LogP contribution in [0.4, 0.5) is 21.0 Å². The molecular formula is C37H48N4O2. The molecule has 4 amide bonds. The lowest BCUT2D eigenvalue weighted by atomic mass is 9.49. The van der Waals surface area contributed by atoms with E-state index in [0.29, 0.717) is 10.8 Å². The first-order chi connectivity index (χ1) is 20.9. The van der Waals surface area contributed by atoms with E-state index in [9.17, 15) is 9.59 Å². The molecule has 0 spiro atoms. The molecule has 43 heavy (non-hydrogen) atoms. The lowest BCUT2D eigenvalue weighted by Crippen LogP contribution is -2.51. The Labute approximate surface area is 256 Å². The highest BCUT2D eigenvalue weighted by atomic mass is 16.2. The number of rotatable bonds is 8. The number of nitrogens with one attached hydrogen (secondary N) is 4. The largest absolute Gasteiger partial charge is 0.337 e. The van der Waals surface area contributed by atoms with Gasteiger partial charge >= 0.3 is 12.1 Å². The van der Waals surface area contributed by atoms with Gasteiger partial charge < -0.3 is 21.3 Å². The molecule has 8 fully saturated rings. The van der Waals surface area contributed by atoms with Crippen LogP contribution in [-0.2, 0) is 6.42 Å². The quantitative estimate of drug-likeness (QED) is 0.256. The fourth-order valence-corrected chi connectivity index (χ4v) is 11.5. The Balaban J connectivity index is 0.784. The van der Waals surface area contributed by atoms with Crippen molar-refractivity contribution in [1.82, 2.24) is 10.6 Å². The molecule has 0 unspecified atom stereocenters. The van der Waals surface area contributed by atoms with Crippen molar-refractivity contribution in [3.05, 3.63) is 59.7 Å². The first-order valence-electron chi connectivity index (χ1n) is 17.1. The molecule has 8 aliphatic carbocycles. The molecule has 0 heterocycles.